The number of pyridine rings is 1. The van der Waals surface area contributed by atoms with E-state index in [1.807, 2.05) is 18.3 Å². The molecule has 2 aromatic heterocycles. The minimum atomic E-state index is 0.360. The average molecular weight is 324 g/mol. The van der Waals surface area contributed by atoms with Crippen molar-refractivity contribution in [2.75, 3.05) is 25.0 Å². The number of anilines is 1. The number of likely N-dealkylation sites (tertiary alicyclic amines) is 1. The largest absolute Gasteiger partial charge is 0.349 e. The lowest BCUT2D eigenvalue weighted by Gasteiger charge is -2.20. The molecule has 0 amide bonds. The van der Waals surface area contributed by atoms with Crippen molar-refractivity contribution in [3.05, 3.63) is 22.8 Å². The molecule has 1 aliphatic heterocycles. The van der Waals surface area contributed by atoms with Crippen molar-refractivity contribution in [3.8, 4) is 0 Å². The molecule has 1 N–H and O–H groups in total. The van der Waals surface area contributed by atoms with Crippen molar-refractivity contribution in [2.45, 2.75) is 25.8 Å². The first kappa shape index (κ1) is 12.9. The number of nitrogens with zero attached hydrogens (tertiary/aromatic N) is 4. The zero-order valence-electron chi connectivity index (χ0n) is 11.0. The molecule has 5 nitrogen and oxygen atoms in total. The summed E-state index contributed by atoms with van der Waals surface area (Å²) in [5.74, 6) is 0.699. The predicted molar refractivity (Wildman–Crippen MR) is 79.4 cm³/mol. The van der Waals surface area contributed by atoms with Crippen LogP contribution in [0.5, 0.6) is 0 Å². The van der Waals surface area contributed by atoms with Gasteiger partial charge in [-0.3, -0.25) is 0 Å². The summed E-state index contributed by atoms with van der Waals surface area (Å²) >= 11 is 3.44. The van der Waals surface area contributed by atoms with Gasteiger partial charge in [0.25, 0.3) is 0 Å². The van der Waals surface area contributed by atoms with Crippen LogP contribution in [0, 0.1) is 0 Å². The van der Waals surface area contributed by atoms with Gasteiger partial charge in [-0.15, -0.1) is 5.10 Å². The van der Waals surface area contributed by atoms with Gasteiger partial charge in [0.05, 0.1) is 0 Å². The Kier molecular flexibility index (Phi) is 3.70. The Hall–Kier alpha value is -1.14. The molecule has 0 saturated carbocycles. The van der Waals surface area contributed by atoms with Gasteiger partial charge in [-0.05, 0) is 60.9 Å². The van der Waals surface area contributed by atoms with E-state index >= 15 is 0 Å². The fourth-order valence-corrected chi connectivity index (χ4v) is 2.86. The maximum atomic E-state index is 4.47. The second-order valence-corrected chi connectivity index (χ2v) is 6.05. The second kappa shape index (κ2) is 5.46. The Morgan fingerprint density at radius 3 is 2.95 bits per heavy atom. The molecule has 0 spiro atoms. The van der Waals surface area contributed by atoms with Crippen LogP contribution in [0.2, 0.25) is 0 Å². The number of nitrogens with one attached hydrogen (secondary N) is 1. The molecule has 3 rings (SSSR count). The molecule has 6 heteroatoms. The quantitative estimate of drug-likeness (QED) is 0.938. The van der Waals surface area contributed by atoms with Gasteiger partial charge >= 0.3 is 0 Å². The van der Waals surface area contributed by atoms with Crippen molar-refractivity contribution in [2.24, 2.45) is 0 Å². The van der Waals surface area contributed by atoms with Gasteiger partial charge in [0.15, 0.2) is 5.65 Å². The Labute approximate surface area is 121 Å². The Morgan fingerprint density at radius 2 is 2.16 bits per heavy atom. The predicted octanol–water partition coefficient (Wildman–Crippen LogP) is 2.39. The molecule has 102 valence electrons. The standard InChI is InChI=1S/C13H18BrN5/c1-10(8-18-6-2-3-7-18)15-13-16-12-5-4-11(14)9-19(12)17-13/h4-5,9-10H,2-3,6-8H2,1H3,(H,15,17). The highest BCUT2D eigenvalue weighted by atomic mass is 79.9. The molecular formula is C13H18BrN5. The molecule has 0 aromatic carbocycles. The van der Waals surface area contributed by atoms with E-state index in [4.69, 9.17) is 0 Å². The number of hydrogen-bond acceptors (Lipinski definition) is 4. The highest BCUT2D eigenvalue weighted by Gasteiger charge is 2.15. The summed E-state index contributed by atoms with van der Waals surface area (Å²) in [4.78, 5) is 6.96. The van der Waals surface area contributed by atoms with Crippen LogP contribution >= 0.6 is 15.9 Å². The van der Waals surface area contributed by atoms with Crippen LogP contribution < -0.4 is 5.32 Å². The maximum Gasteiger partial charge on any atom is 0.243 e. The van der Waals surface area contributed by atoms with Crippen LogP contribution in [0.25, 0.3) is 5.65 Å². The first-order valence-electron chi connectivity index (χ1n) is 6.71. The third-order valence-corrected chi connectivity index (χ3v) is 3.87. The highest BCUT2D eigenvalue weighted by Crippen LogP contribution is 2.13. The molecular weight excluding hydrogens is 306 g/mol. The van der Waals surface area contributed by atoms with Gasteiger partial charge in [-0.2, -0.15) is 4.98 Å². The van der Waals surface area contributed by atoms with Gasteiger partial charge in [0, 0.05) is 23.3 Å². The molecule has 19 heavy (non-hydrogen) atoms. The molecule has 0 aliphatic carbocycles. The summed E-state index contributed by atoms with van der Waals surface area (Å²) < 4.78 is 2.79. The highest BCUT2D eigenvalue weighted by molar-refractivity contribution is 9.10. The Morgan fingerprint density at radius 1 is 1.37 bits per heavy atom. The number of fused-ring (bicyclic) bond motifs is 1. The average Bonchev–Trinajstić information content (AvgIpc) is 2.97. The first-order valence-corrected chi connectivity index (χ1v) is 7.51. The molecule has 3 heterocycles. The normalized spacial score (nSPS) is 18.0. The molecule has 1 aliphatic rings. The minimum absolute atomic E-state index is 0.360. The van der Waals surface area contributed by atoms with Crippen LogP contribution in [0.4, 0.5) is 5.95 Å². The van der Waals surface area contributed by atoms with Crippen molar-refractivity contribution in [1.82, 2.24) is 19.5 Å². The maximum absolute atomic E-state index is 4.47. The lowest BCUT2D eigenvalue weighted by Crippen LogP contribution is -2.33. The lowest BCUT2D eigenvalue weighted by atomic mass is 10.3. The molecule has 1 saturated heterocycles. The zero-order valence-corrected chi connectivity index (χ0v) is 12.6. The van der Waals surface area contributed by atoms with E-state index in [1.165, 1.54) is 25.9 Å². The van der Waals surface area contributed by atoms with Crippen LogP contribution in [0.15, 0.2) is 22.8 Å². The van der Waals surface area contributed by atoms with E-state index in [1.54, 1.807) is 4.52 Å². The van der Waals surface area contributed by atoms with Crippen molar-refractivity contribution >= 4 is 27.5 Å². The van der Waals surface area contributed by atoms with Crippen LogP contribution in [-0.2, 0) is 0 Å². The lowest BCUT2D eigenvalue weighted by molar-refractivity contribution is 0.327. The fourth-order valence-electron chi connectivity index (χ4n) is 2.54. The van der Waals surface area contributed by atoms with E-state index in [0.717, 1.165) is 16.7 Å². The van der Waals surface area contributed by atoms with Crippen LogP contribution in [-0.4, -0.2) is 45.2 Å². The summed E-state index contributed by atoms with van der Waals surface area (Å²) in [6.07, 6.45) is 4.57. The van der Waals surface area contributed by atoms with Gasteiger partial charge in [-0.25, -0.2) is 4.52 Å². The number of aromatic nitrogens is 3. The third kappa shape index (κ3) is 3.06. The molecule has 1 unspecified atom stereocenters. The third-order valence-electron chi connectivity index (χ3n) is 3.40. The van der Waals surface area contributed by atoms with Gasteiger partial charge in [0.1, 0.15) is 0 Å². The van der Waals surface area contributed by atoms with Gasteiger partial charge in [-0.1, -0.05) is 0 Å². The zero-order chi connectivity index (χ0) is 13.2. The monoisotopic (exact) mass is 323 g/mol. The Balaban J connectivity index is 1.66. The summed E-state index contributed by atoms with van der Waals surface area (Å²) in [6, 6.07) is 4.29. The SMILES string of the molecule is CC(CN1CCCC1)Nc1nc2ccc(Br)cn2n1. The summed E-state index contributed by atoms with van der Waals surface area (Å²) in [5, 5.41) is 7.81. The van der Waals surface area contributed by atoms with Crippen LogP contribution in [0.1, 0.15) is 19.8 Å². The van der Waals surface area contributed by atoms with E-state index in [-0.39, 0.29) is 0 Å². The van der Waals surface area contributed by atoms with Crippen LogP contribution in [0.3, 0.4) is 0 Å². The van der Waals surface area contributed by atoms with Gasteiger partial charge < -0.3 is 10.2 Å². The minimum Gasteiger partial charge on any atom is -0.349 e. The van der Waals surface area contributed by atoms with Crippen molar-refractivity contribution in [1.29, 1.82) is 0 Å². The molecule has 1 fully saturated rings. The van der Waals surface area contributed by atoms with E-state index in [9.17, 15) is 0 Å². The number of hydrogen-bond donors (Lipinski definition) is 1. The molecule has 0 bridgehead atoms. The summed E-state index contributed by atoms with van der Waals surface area (Å²) in [5.41, 5.74) is 0.860. The fraction of sp³-hybridized carbons (Fsp3) is 0.538. The molecule has 0 radical (unpaired) electrons. The Bertz CT molecular complexity index is 561. The van der Waals surface area contributed by atoms with E-state index < -0.39 is 0 Å². The topological polar surface area (TPSA) is 45.5 Å². The molecule has 1 atom stereocenters. The summed E-state index contributed by atoms with van der Waals surface area (Å²) in [6.45, 7) is 5.67. The summed E-state index contributed by atoms with van der Waals surface area (Å²) in [7, 11) is 0. The van der Waals surface area contributed by atoms with Crippen molar-refractivity contribution < 1.29 is 0 Å². The second-order valence-electron chi connectivity index (χ2n) is 5.14. The van der Waals surface area contributed by atoms with Crippen molar-refractivity contribution in [3.63, 3.8) is 0 Å². The number of rotatable bonds is 4. The smallest absolute Gasteiger partial charge is 0.243 e. The van der Waals surface area contributed by atoms with E-state index in [2.05, 4.69) is 43.2 Å². The first-order chi connectivity index (χ1) is 9.20. The van der Waals surface area contributed by atoms with Gasteiger partial charge in [0.2, 0.25) is 5.95 Å². The number of halogens is 1. The van der Waals surface area contributed by atoms with E-state index in [0.29, 0.717) is 12.0 Å². The molecule has 2 aromatic rings.